The predicted octanol–water partition coefficient (Wildman–Crippen LogP) is 9.57. The third kappa shape index (κ3) is 6.35. The highest BCUT2D eigenvalue weighted by atomic mass is 14.3. The predicted molar refractivity (Wildman–Crippen MR) is 132 cm³/mol. The third-order valence-corrected chi connectivity index (χ3v) is 8.59. The van der Waals surface area contributed by atoms with Gasteiger partial charge in [0.05, 0.1) is 0 Å². The summed E-state index contributed by atoms with van der Waals surface area (Å²) in [6.45, 7) is 0. The summed E-state index contributed by atoms with van der Waals surface area (Å²) in [5.74, 6) is 4.62. The van der Waals surface area contributed by atoms with Crippen molar-refractivity contribution in [1.82, 2.24) is 0 Å². The van der Waals surface area contributed by atoms with Gasteiger partial charge < -0.3 is 0 Å². The SMILES string of the molecule is C1CCC2CCCCC2C1.C1CCC2CCCCC2C1.c1ccc2ccccc2c1. The van der Waals surface area contributed by atoms with Gasteiger partial charge in [-0.25, -0.2) is 0 Å². The molecule has 0 spiro atoms. The molecule has 164 valence electrons. The molecule has 6 rings (SSSR count). The van der Waals surface area contributed by atoms with Gasteiger partial charge in [0.15, 0.2) is 0 Å². The Morgan fingerprint density at radius 1 is 0.333 bits per heavy atom. The second-order valence-electron chi connectivity index (χ2n) is 10.5. The molecular formula is C30H44. The van der Waals surface area contributed by atoms with Crippen molar-refractivity contribution in [1.29, 1.82) is 0 Å². The van der Waals surface area contributed by atoms with Gasteiger partial charge in [-0.15, -0.1) is 0 Å². The Labute approximate surface area is 185 Å². The van der Waals surface area contributed by atoms with Crippen molar-refractivity contribution < 1.29 is 0 Å². The van der Waals surface area contributed by atoms with Crippen LogP contribution in [0.3, 0.4) is 0 Å². The van der Waals surface area contributed by atoms with E-state index in [0.717, 1.165) is 23.7 Å². The van der Waals surface area contributed by atoms with Crippen LogP contribution in [0.25, 0.3) is 10.8 Å². The highest BCUT2D eigenvalue weighted by molar-refractivity contribution is 5.81. The van der Waals surface area contributed by atoms with E-state index >= 15 is 0 Å². The van der Waals surface area contributed by atoms with Crippen molar-refractivity contribution in [2.75, 3.05) is 0 Å². The zero-order valence-electron chi connectivity index (χ0n) is 19.2. The molecule has 4 saturated carbocycles. The Hall–Kier alpha value is -1.30. The summed E-state index contributed by atoms with van der Waals surface area (Å²) < 4.78 is 0. The summed E-state index contributed by atoms with van der Waals surface area (Å²) in [7, 11) is 0. The van der Waals surface area contributed by atoms with E-state index in [1.54, 1.807) is 51.4 Å². The Morgan fingerprint density at radius 3 is 0.733 bits per heavy atom. The number of hydrogen-bond acceptors (Lipinski definition) is 0. The van der Waals surface area contributed by atoms with Crippen molar-refractivity contribution in [3.63, 3.8) is 0 Å². The van der Waals surface area contributed by atoms with Gasteiger partial charge in [0, 0.05) is 0 Å². The lowest BCUT2D eigenvalue weighted by atomic mass is 9.71. The lowest BCUT2D eigenvalue weighted by Gasteiger charge is -2.35. The molecule has 4 fully saturated rings. The minimum atomic E-state index is 1.16. The van der Waals surface area contributed by atoms with Crippen LogP contribution in [0.4, 0.5) is 0 Å². The summed E-state index contributed by atoms with van der Waals surface area (Å²) in [6, 6.07) is 16.7. The lowest BCUT2D eigenvalue weighted by Crippen LogP contribution is -2.22. The molecule has 4 aliphatic carbocycles. The fourth-order valence-electron chi connectivity index (χ4n) is 6.85. The fraction of sp³-hybridized carbons (Fsp3) is 0.667. The van der Waals surface area contributed by atoms with Crippen molar-refractivity contribution in [2.45, 2.75) is 103 Å². The third-order valence-electron chi connectivity index (χ3n) is 8.59. The second kappa shape index (κ2) is 11.9. The van der Waals surface area contributed by atoms with E-state index in [4.69, 9.17) is 0 Å². The van der Waals surface area contributed by atoms with Crippen LogP contribution in [0, 0.1) is 23.7 Å². The molecule has 0 aromatic heterocycles. The zero-order valence-corrected chi connectivity index (χ0v) is 19.2. The average Bonchev–Trinajstić information content (AvgIpc) is 2.85. The first-order valence-corrected chi connectivity index (χ1v) is 13.3. The summed E-state index contributed by atoms with van der Waals surface area (Å²) in [5.41, 5.74) is 0. The molecule has 0 aliphatic heterocycles. The van der Waals surface area contributed by atoms with E-state index in [2.05, 4.69) is 48.5 Å². The van der Waals surface area contributed by atoms with E-state index < -0.39 is 0 Å². The van der Waals surface area contributed by atoms with Gasteiger partial charge in [-0.3, -0.25) is 0 Å². The minimum absolute atomic E-state index is 1.16. The summed E-state index contributed by atoms with van der Waals surface area (Å²) >= 11 is 0. The molecule has 0 unspecified atom stereocenters. The standard InChI is InChI=1S/2C10H18.C10H8/c3*1-2-6-10-8-4-3-7-9(10)5-1/h2*9-10H,1-8H2;1-8H. The lowest BCUT2D eigenvalue weighted by molar-refractivity contribution is 0.171. The molecule has 0 radical (unpaired) electrons. The van der Waals surface area contributed by atoms with Crippen LogP contribution < -0.4 is 0 Å². The largest absolute Gasteiger partial charge is 0.0616 e. The van der Waals surface area contributed by atoms with Gasteiger partial charge in [0.2, 0.25) is 0 Å². The molecule has 0 heteroatoms. The smallest absolute Gasteiger partial charge is 0.0184 e. The molecule has 2 aromatic rings. The van der Waals surface area contributed by atoms with Crippen molar-refractivity contribution in [2.24, 2.45) is 23.7 Å². The van der Waals surface area contributed by atoms with Crippen LogP contribution in [0.2, 0.25) is 0 Å². The van der Waals surface area contributed by atoms with E-state index in [1.807, 2.05) is 0 Å². The molecule has 0 amide bonds. The van der Waals surface area contributed by atoms with Gasteiger partial charge in [0.25, 0.3) is 0 Å². The molecule has 0 nitrogen and oxygen atoms in total. The van der Waals surface area contributed by atoms with E-state index in [1.165, 1.54) is 62.1 Å². The molecule has 0 saturated heterocycles. The summed E-state index contributed by atoms with van der Waals surface area (Å²) in [6.07, 6.45) is 24.7. The van der Waals surface area contributed by atoms with Gasteiger partial charge in [0.1, 0.15) is 0 Å². The molecule has 0 bridgehead atoms. The number of hydrogen-bond donors (Lipinski definition) is 0. The maximum Gasteiger partial charge on any atom is -0.0184 e. The normalized spacial score (nSPS) is 30.5. The molecule has 30 heavy (non-hydrogen) atoms. The van der Waals surface area contributed by atoms with Crippen molar-refractivity contribution in [3.05, 3.63) is 48.5 Å². The summed E-state index contributed by atoms with van der Waals surface area (Å²) in [5, 5.41) is 2.62. The van der Waals surface area contributed by atoms with Crippen LogP contribution >= 0.6 is 0 Å². The molecule has 0 heterocycles. The number of rotatable bonds is 0. The van der Waals surface area contributed by atoms with Gasteiger partial charge in [-0.2, -0.15) is 0 Å². The van der Waals surface area contributed by atoms with Crippen LogP contribution in [-0.2, 0) is 0 Å². The highest BCUT2D eigenvalue weighted by Gasteiger charge is 2.27. The van der Waals surface area contributed by atoms with E-state index in [9.17, 15) is 0 Å². The molecule has 4 aliphatic rings. The van der Waals surface area contributed by atoms with Gasteiger partial charge >= 0.3 is 0 Å². The quantitative estimate of drug-likeness (QED) is 0.410. The molecule has 2 aromatic carbocycles. The topological polar surface area (TPSA) is 0 Å². The first-order valence-electron chi connectivity index (χ1n) is 13.3. The molecule has 0 N–H and O–H groups in total. The van der Waals surface area contributed by atoms with Gasteiger partial charge in [-0.05, 0) is 34.4 Å². The van der Waals surface area contributed by atoms with Crippen molar-refractivity contribution in [3.8, 4) is 0 Å². The maximum absolute atomic E-state index is 2.12. The second-order valence-corrected chi connectivity index (χ2v) is 10.5. The van der Waals surface area contributed by atoms with Crippen LogP contribution in [-0.4, -0.2) is 0 Å². The fourth-order valence-corrected chi connectivity index (χ4v) is 6.85. The monoisotopic (exact) mass is 404 g/mol. The Balaban J connectivity index is 0.000000109. The molecular weight excluding hydrogens is 360 g/mol. The first-order chi connectivity index (χ1) is 14.9. The first kappa shape index (κ1) is 21.9. The Bertz CT molecular complexity index is 586. The average molecular weight is 405 g/mol. The van der Waals surface area contributed by atoms with Crippen LogP contribution in [0.15, 0.2) is 48.5 Å². The van der Waals surface area contributed by atoms with E-state index in [-0.39, 0.29) is 0 Å². The Kier molecular flexibility index (Phi) is 8.71. The number of benzene rings is 2. The van der Waals surface area contributed by atoms with E-state index in [0.29, 0.717) is 0 Å². The molecule has 0 atom stereocenters. The summed E-state index contributed by atoms with van der Waals surface area (Å²) in [4.78, 5) is 0. The van der Waals surface area contributed by atoms with Gasteiger partial charge in [-0.1, -0.05) is 151 Å². The zero-order chi connectivity index (χ0) is 20.4. The number of fused-ring (bicyclic) bond motifs is 3. The van der Waals surface area contributed by atoms with Crippen molar-refractivity contribution >= 4 is 10.8 Å². The minimum Gasteiger partial charge on any atom is -0.0616 e. The van der Waals surface area contributed by atoms with Crippen LogP contribution in [0.5, 0.6) is 0 Å². The highest BCUT2D eigenvalue weighted by Crippen LogP contribution is 2.40. The maximum atomic E-state index is 2.12. The van der Waals surface area contributed by atoms with Crippen LogP contribution in [0.1, 0.15) is 103 Å². The Morgan fingerprint density at radius 2 is 0.533 bits per heavy atom.